The van der Waals surface area contributed by atoms with E-state index in [4.69, 9.17) is 14.2 Å². The molecule has 0 fully saturated rings. The van der Waals surface area contributed by atoms with Crippen LogP contribution in [0.2, 0.25) is 0 Å². The van der Waals surface area contributed by atoms with Crippen LogP contribution in [0.15, 0.2) is 48.5 Å². The highest BCUT2D eigenvalue weighted by molar-refractivity contribution is 7.10. The molecule has 4 rings (SSSR count). The van der Waals surface area contributed by atoms with E-state index in [1.54, 1.807) is 19.2 Å². The van der Waals surface area contributed by atoms with Gasteiger partial charge >= 0.3 is 0 Å². The molecule has 0 saturated heterocycles. The van der Waals surface area contributed by atoms with Gasteiger partial charge in [-0.05, 0) is 36.4 Å². The van der Waals surface area contributed by atoms with Gasteiger partial charge in [-0.15, -0.1) is 0 Å². The van der Waals surface area contributed by atoms with Gasteiger partial charge < -0.3 is 14.2 Å². The van der Waals surface area contributed by atoms with E-state index in [1.165, 1.54) is 0 Å². The largest absolute Gasteiger partial charge is 0.497 e. The Hall–Kier alpha value is -3.13. The standard InChI is InChI=1S/C18H15N3O4S/c1-23-12-8-6-11(7-9-12)16-19-18(26-21-16)20-17(22)15-10-24-13-4-2-3-5-14(13)25-15/h2-9,15H,10H2,1H3,(H,19,20,21,22)/t15-/m1/s1. The van der Waals surface area contributed by atoms with Crippen molar-refractivity contribution in [3.63, 3.8) is 0 Å². The number of fused-ring (bicyclic) bond motifs is 1. The van der Waals surface area contributed by atoms with Crippen molar-refractivity contribution in [3.05, 3.63) is 48.5 Å². The minimum atomic E-state index is -0.738. The molecule has 0 saturated carbocycles. The Morgan fingerprint density at radius 2 is 1.96 bits per heavy atom. The number of amides is 1. The number of carbonyl (C=O) groups excluding carboxylic acids is 1. The molecular weight excluding hydrogens is 354 g/mol. The number of rotatable bonds is 4. The summed E-state index contributed by atoms with van der Waals surface area (Å²) < 4.78 is 20.7. The van der Waals surface area contributed by atoms with Crippen LogP contribution in [0, 0.1) is 0 Å². The molecule has 1 atom stereocenters. The fourth-order valence-electron chi connectivity index (χ4n) is 2.47. The quantitative estimate of drug-likeness (QED) is 0.761. The Kier molecular flexibility index (Phi) is 4.40. The second-order valence-electron chi connectivity index (χ2n) is 5.51. The van der Waals surface area contributed by atoms with Crippen LogP contribution in [-0.2, 0) is 4.79 Å². The number of hydrogen-bond donors (Lipinski definition) is 1. The number of para-hydroxylation sites is 2. The van der Waals surface area contributed by atoms with Crippen molar-refractivity contribution in [1.29, 1.82) is 0 Å². The summed E-state index contributed by atoms with van der Waals surface area (Å²) in [6, 6.07) is 14.6. The van der Waals surface area contributed by atoms with E-state index in [0.717, 1.165) is 22.8 Å². The lowest BCUT2D eigenvalue weighted by Gasteiger charge is -2.25. The molecule has 1 aromatic heterocycles. The number of nitrogens with zero attached hydrogens (tertiary/aromatic N) is 2. The van der Waals surface area contributed by atoms with E-state index in [0.29, 0.717) is 22.5 Å². The first-order valence-corrected chi connectivity index (χ1v) is 8.68. The molecule has 26 heavy (non-hydrogen) atoms. The van der Waals surface area contributed by atoms with E-state index in [2.05, 4.69) is 14.7 Å². The maximum Gasteiger partial charge on any atom is 0.270 e. The summed E-state index contributed by atoms with van der Waals surface area (Å²) in [4.78, 5) is 16.8. The Labute approximate surface area is 153 Å². The van der Waals surface area contributed by atoms with Crippen LogP contribution in [0.4, 0.5) is 5.13 Å². The Morgan fingerprint density at radius 3 is 2.73 bits per heavy atom. The second-order valence-corrected chi connectivity index (χ2v) is 6.26. The van der Waals surface area contributed by atoms with Crippen molar-refractivity contribution in [1.82, 2.24) is 9.36 Å². The van der Waals surface area contributed by atoms with Gasteiger partial charge in [0, 0.05) is 17.1 Å². The van der Waals surface area contributed by atoms with Gasteiger partial charge in [0.15, 0.2) is 17.3 Å². The Balaban J connectivity index is 1.43. The van der Waals surface area contributed by atoms with Crippen LogP contribution in [0.1, 0.15) is 0 Å². The molecule has 0 radical (unpaired) electrons. The zero-order valence-corrected chi connectivity index (χ0v) is 14.7. The third-order valence-corrected chi connectivity index (χ3v) is 4.44. The summed E-state index contributed by atoms with van der Waals surface area (Å²) in [5.41, 5.74) is 0.841. The summed E-state index contributed by atoms with van der Waals surface area (Å²) >= 11 is 1.11. The normalized spacial score (nSPS) is 15.3. The van der Waals surface area contributed by atoms with Gasteiger partial charge in [0.25, 0.3) is 5.91 Å². The van der Waals surface area contributed by atoms with E-state index in [9.17, 15) is 4.79 Å². The van der Waals surface area contributed by atoms with Crippen LogP contribution in [-0.4, -0.2) is 35.1 Å². The molecule has 2 heterocycles. The Morgan fingerprint density at radius 1 is 1.19 bits per heavy atom. The highest BCUT2D eigenvalue weighted by Gasteiger charge is 2.28. The summed E-state index contributed by atoms with van der Waals surface area (Å²) in [7, 11) is 1.61. The highest BCUT2D eigenvalue weighted by atomic mass is 32.1. The fourth-order valence-corrected chi connectivity index (χ4v) is 3.06. The van der Waals surface area contributed by atoms with E-state index in [-0.39, 0.29) is 12.5 Å². The van der Waals surface area contributed by atoms with Gasteiger partial charge in [-0.2, -0.15) is 9.36 Å². The second kappa shape index (κ2) is 7.01. The predicted octanol–water partition coefficient (Wildman–Crippen LogP) is 2.99. The molecule has 0 bridgehead atoms. The average molecular weight is 369 g/mol. The van der Waals surface area contributed by atoms with Crippen molar-refractivity contribution in [2.45, 2.75) is 6.10 Å². The van der Waals surface area contributed by atoms with E-state index >= 15 is 0 Å². The first-order chi connectivity index (χ1) is 12.7. The first kappa shape index (κ1) is 16.3. The van der Waals surface area contributed by atoms with Crippen molar-refractivity contribution in [2.24, 2.45) is 0 Å². The van der Waals surface area contributed by atoms with Gasteiger partial charge in [0.2, 0.25) is 11.2 Å². The van der Waals surface area contributed by atoms with Crippen LogP contribution in [0.5, 0.6) is 17.2 Å². The highest BCUT2D eigenvalue weighted by Crippen LogP contribution is 2.31. The topological polar surface area (TPSA) is 82.6 Å². The van der Waals surface area contributed by atoms with Crippen LogP contribution in [0.25, 0.3) is 11.4 Å². The summed E-state index contributed by atoms with van der Waals surface area (Å²) in [6.07, 6.45) is -0.738. The summed E-state index contributed by atoms with van der Waals surface area (Å²) in [6.45, 7) is 0.146. The smallest absolute Gasteiger partial charge is 0.270 e. The number of aromatic nitrogens is 2. The van der Waals surface area contributed by atoms with Gasteiger partial charge in [0.05, 0.1) is 7.11 Å². The zero-order valence-electron chi connectivity index (χ0n) is 13.8. The van der Waals surface area contributed by atoms with Gasteiger partial charge in [-0.3, -0.25) is 10.1 Å². The van der Waals surface area contributed by atoms with Gasteiger partial charge in [-0.1, -0.05) is 12.1 Å². The summed E-state index contributed by atoms with van der Waals surface area (Å²) in [5, 5.41) is 3.14. The lowest BCUT2D eigenvalue weighted by atomic mass is 10.2. The molecule has 1 aliphatic rings. The van der Waals surface area contributed by atoms with Gasteiger partial charge in [-0.25, -0.2) is 0 Å². The number of ether oxygens (including phenoxy) is 3. The van der Waals surface area contributed by atoms with Crippen LogP contribution in [0.3, 0.4) is 0 Å². The molecule has 1 amide bonds. The molecule has 3 aromatic rings. The predicted molar refractivity (Wildman–Crippen MR) is 96.9 cm³/mol. The Bertz CT molecular complexity index is 926. The number of methoxy groups -OCH3 is 1. The number of benzene rings is 2. The third kappa shape index (κ3) is 3.31. The zero-order chi connectivity index (χ0) is 17.9. The molecule has 1 aliphatic heterocycles. The maximum atomic E-state index is 12.4. The molecule has 8 heteroatoms. The number of nitrogens with one attached hydrogen (secondary N) is 1. The minimum absolute atomic E-state index is 0.146. The van der Waals surface area contributed by atoms with Crippen LogP contribution < -0.4 is 19.5 Å². The van der Waals surface area contributed by atoms with Crippen molar-refractivity contribution in [2.75, 3.05) is 19.0 Å². The SMILES string of the molecule is COc1ccc(-c2nsc(NC(=O)[C@H]3COc4ccccc4O3)n2)cc1. The number of anilines is 1. The summed E-state index contributed by atoms with van der Waals surface area (Å²) in [5.74, 6) is 2.16. The monoisotopic (exact) mass is 369 g/mol. The van der Waals surface area contributed by atoms with Gasteiger partial charge in [0.1, 0.15) is 12.4 Å². The molecule has 0 spiro atoms. The van der Waals surface area contributed by atoms with Crippen molar-refractivity contribution in [3.8, 4) is 28.6 Å². The van der Waals surface area contributed by atoms with E-state index < -0.39 is 6.10 Å². The number of carbonyl (C=O) groups is 1. The van der Waals surface area contributed by atoms with E-state index in [1.807, 2.05) is 36.4 Å². The fraction of sp³-hybridized carbons (Fsp3) is 0.167. The number of hydrogen-bond acceptors (Lipinski definition) is 7. The minimum Gasteiger partial charge on any atom is -0.497 e. The molecule has 1 N–H and O–H groups in total. The molecule has 2 aromatic carbocycles. The first-order valence-electron chi connectivity index (χ1n) is 7.90. The molecule has 0 aliphatic carbocycles. The molecule has 7 nitrogen and oxygen atoms in total. The molecule has 132 valence electrons. The maximum absolute atomic E-state index is 12.4. The van der Waals surface area contributed by atoms with Crippen molar-refractivity contribution >= 4 is 22.6 Å². The lowest BCUT2D eigenvalue weighted by Crippen LogP contribution is -2.40. The van der Waals surface area contributed by atoms with Crippen LogP contribution >= 0.6 is 11.5 Å². The van der Waals surface area contributed by atoms with Crippen molar-refractivity contribution < 1.29 is 19.0 Å². The lowest BCUT2D eigenvalue weighted by molar-refractivity contribution is -0.125. The molecule has 0 unspecified atom stereocenters. The third-order valence-electron chi connectivity index (χ3n) is 3.81. The molecular formula is C18H15N3O4S. The average Bonchev–Trinajstić information content (AvgIpc) is 3.16.